The number of rotatable bonds is 10. The van der Waals surface area contributed by atoms with Crippen LogP contribution in [0.15, 0.2) is 51.9 Å². The zero-order chi connectivity index (χ0) is 33.4. The van der Waals surface area contributed by atoms with Crippen LogP contribution in [0, 0.1) is 5.82 Å². The molecule has 6 rings (SSSR count). The Hall–Kier alpha value is -4.70. The van der Waals surface area contributed by atoms with Crippen molar-refractivity contribution in [2.75, 3.05) is 43.4 Å². The van der Waals surface area contributed by atoms with Crippen LogP contribution in [0.3, 0.4) is 0 Å². The van der Waals surface area contributed by atoms with Crippen molar-refractivity contribution < 1.29 is 38.2 Å². The van der Waals surface area contributed by atoms with Gasteiger partial charge in [-0.2, -0.15) is 0 Å². The average molecular weight is 684 g/mol. The number of carbonyl (C=O) groups excluding carboxylic acids is 4. The van der Waals surface area contributed by atoms with E-state index in [1.165, 1.54) is 29.3 Å². The van der Waals surface area contributed by atoms with Gasteiger partial charge < -0.3 is 29.5 Å². The number of thioether (sulfide) groups is 1. The van der Waals surface area contributed by atoms with Crippen molar-refractivity contribution >= 4 is 69.9 Å². The Balaban J connectivity index is 1.19. The summed E-state index contributed by atoms with van der Waals surface area (Å²) in [5.74, 6) is -3.90. The Labute approximate surface area is 275 Å². The first-order valence-electron chi connectivity index (χ1n) is 14.8. The molecule has 13 nitrogen and oxygen atoms in total. The molecule has 2 atom stereocenters. The lowest BCUT2D eigenvalue weighted by molar-refractivity contribution is -0.150. The number of carboxylic acids is 1. The van der Waals surface area contributed by atoms with E-state index in [-0.39, 0.29) is 46.0 Å². The molecule has 0 bridgehead atoms. The van der Waals surface area contributed by atoms with Crippen molar-refractivity contribution in [3.63, 3.8) is 0 Å². The highest BCUT2D eigenvalue weighted by molar-refractivity contribution is 8.00. The maximum absolute atomic E-state index is 15.3. The number of carbonyl (C=O) groups is 5. The highest BCUT2D eigenvalue weighted by Crippen LogP contribution is 2.40. The van der Waals surface area contributed by atoms with Crippen molar-refractivity contribution in [3.05, 3.63) is 73.6 Å². The van der Waals surface area contributed by atoms with Gasteiger partial charge in [0.15, 0.2) is 0 Å². The van der Waals surface area contributed by atoms with E-state index in [1.54, 1.807) is 33.4 Å². The molecule has 1 aromatic carbocycles. The number of β-lactam (4-membered cyclic amide) rings is 1. The number of anilines is 1. The number of esters is 1. The van der Waals surface area contributed by atoms with Crippen LogP contribution >= 0.6 is 23.1 Å². The van der Waals surface area contributed by atoms with Gasteiger partial charge in [0.2, 0.25) is 17.7 Å². The Bertz CT molecular complexity index is 1870. The zero-order valence-electron chi connectivity index (χ0n) is 25.1. The first-order valence-corrected chi connectivity index (χ1v) is 16.7. The lowest BCUT2D eigenvalue weighted by Crippen LogP contribution is -2.70. The van der Waals surface area contributed by atoms with E-state index in [4.69, 9.17) is 4.74 Å². The molecular weight excluding hydrogens is 654 g/mol. The molecule has 0 radical (unpaired) electrons. The molecule has 0 saturated carbocycles. The van der Waals surface area contributed by atoms with Crippen molar-refractivity contribution in [1.82, 2.24) is 19.7 Å². The van der Waals surface area contributed by atoms with Crippen molar-refractivity contribution in [3.8, 4) is 0 Å². The van der Waals surface area contributed by atoms with Gasteiger partial charge in [0, 0.05) is 60.5 Å². The van der Waals surface area contributed by atoms with Crippen LogP contribution in [0.2, 0.25) is 0 Å². The number of aliphatic carboxylic acids is 1. The van der Waals surface area contributed by atoms with Crippen molar-refractivity contribution in [1.29, 1.82) is 0 Å². The van der Waals surface area contributed by atoms with E-state index >= 15 is 4.39 Å². The molecule has 16 heteroatoms. The fourth-order valence-electron chi connectivity index (χ4n) is 5.94. The molecule has 0 aliphatic carbocycles. The summed E-state index contributed by atoms with van der Waals surface area (Å²) in [5.41, 5.74) is -0.559. The second-order valence-electron chi connectivity index (χ2n) is 11.2. The van der Waals surface area contributed by atoms with Gasteiger partial charge in [-0.3, -0.25) is 24.1 Å². The Morgan fingerprint density at radius 1 is 1.17 bits per heavy atom. The highest BCUT2D eigenvalue weighted by Gasteiger charge is 2.54. The van der Waals surface area contributed by atoms with Gasteiger partial charge in [0.1, 0.15) is 35.1 Å². The second-order valence-corrected chi connectivity index (χ2v) is 13.3. The number of pyridine rings is 1. The van der Waals surface area contributed by atoms with E-state index in [9.17, 15) is 33.9 Å². The summed E-state index contributed by atoms with van der Waals surface area (Å²) in [6, 6.07) is 5.38. The number of thiophene rings is 1. The number of aromatic nitrogens is 1. The molecule has 246 valence electrons. The summed E-state index contributed by atoms with van der Waals surface area (Å²) in [6.45, 7) is 3.35. The summed E-state index contributed by atoms with van der Waals surface area (Å²) < 4.78 is 22.4. The molecule has 5 heterocycles. The number of nitrogens with one attached hydrogen (secondary N) is 1. The molecule has 3 amide bonds. The van der Waals surface area contributed by atoms with Gasteiger partial charge in [0.25, 0.3) is 5.91 Å². The molecule has 3 aliphatic heterocycles. The number of piperazine rings is 1. The normalized spacial score (nSPS) is 19.4. The molecule has 2 N–H and O–H groups in total. The fraction of sp³-hybridized carbons (Fsp3) is 0.355. The number of nitrogens with zero attached hydrogens (tertiary/aromatic N) is 4. The SMILES string of the molecule is CCn1cc(C(=O)OCC2=C(C(=O)O)N3C(=O)[C@@H](NC(=O)Cc4cccs4)[C@H]3SC2)c(=O)c2cc(F)c(N3CCN(C=O)CC3)cc21. The Morgan fingerprint density at radius 3 is 2.60 bits per heavy atom. The smallest absolute Gasteiger partial charge is 0.352 e. The average Bonchev–Trinajstić information content (AvgIpc) is 3.58. The highest BCUT2D eigenvalue weighted by atomic mass is 32.2. The summed E-state index contributed by atoms with van der Waals surface area (Å²) >= 11 is 2.64. The number of hydrogen-bond donors (Lipinski definition) is 2. The van der Waals surface area contributed by atoms with Crippen LogP contribution in [-0.2, 0) is 36.9 Å². The quantitative estimate of drug-likeness (QED) is 0.183. The Morgan fingerprint density at radius 2 is 1.94 bits per heavy atom. The summed E-state index contributed by atoms with van der Waals surface area (Å²) in [5, 5.41) is 13.8. The number of amides is 3. The van der Waals surface area contributed by atoms with Crippen LogP contribution < -0.4 is 15.6 Å². The lowest BCUT2D eigenvalue weighted by atomic mass is 10.0. The minimum absolute atomic E-state index is 0.0195. The van der Waals surface area contributed by atoms with Gasteiger partial charge in [-0.25, -0.2) is 14.0 Å². The Kier molecular flexibility index (Phi) is 9.05. The predicted octanol–water partition coefficient (Wildman–Crippen LogP) is 1.64. The molecule has 47 heavy (non-hydrogen) atoms. The van der Waals surface area contributed by atoms with E-state index in [0.717, 1.165) is 22.3 Å². The zero-order valence-corrected chi connectivity index (χ0v) is 26.8. The number of ether oxygens (including phenoxy) is 1. The van der Waals surface area contributed by atoms with Gasteiger partial charge >= 0.3 is 11.9 Å². The third-order valence-corrected chi connectivity index (χ3v) is 10.6. The number of aryl methyl sites for hydroxylation is 1. The van der Waals surface area contributed by atoms with E-state index in [1.807, 2.05) is 11.4 Å². The summed E-state index contributed by atoms with van der Waals surface area (Å²) in [7, 11) is 0. The van der Waals surface area contributed by atoms with Gasteiger partial charge in [-0.05, 0) is 30.5 Å². The number of fused-ring (bicyclic) bond motifs is 2. The number of benzene rings is 1. The monoisotopic (exact) mass is 683 g/mol. The minimum Gasteiger partial charge on any atom is -0.477 e. The second kappa shape index (κ2) is 13.2. The molecule has 3 aromatic rings. The lowest BCUT2D eigenvalue weighted by Gasteiger charge is -2.49. The first kappa shape index (κ1) is 32.2. The summed E-state index contributed by atoms with van der Waals surface area (Å²) in [6.07, 6.45) is 2.19. The third-order valence-electron chi connectivity index (χ3n) is 8.37. The maximum Gasteiger partial charge on any atom is 0.352 e. The summed E-state index contributed by atoms with van der Waals surface area (Å²) in [4.78, 5) is 80.7. The molecule has 2 fully saturated rings. The fourth-order valence-corrected chi connectivity index (χ4v) is 7.97. The predicted molar refractivity (Wildman–Crippen MR) is 172 cm³/mol. The van der Waals surface area contributed by atoms with Crippen LogP contribution in [0.25, 0.3) is 10.9 Å². The van der Waals surface area contributed by atoms with Crippen molar-refractivity contribution in [2.45, 2.75) is 31.3 Å². The van der Waals surface area contributed by atoms with E-state index in [0.29, 0.717) is 38.2 Å². The first-order chi connectivity index (χ1) is 22.6. The topological polar surface area (TPSA) is 159 Å². The number of halogens is 1. The maximum atomic E-state index is 15.3. The largest absolute Gasteiger partial charge is 0.477 e. The standard InChI is InChI=1S/C31H30FN5O8S2/c1-2-35-13-20(27(40)19-11-21(32)23(12-22(19)35)36-7-5-34(16-38)6-8-36)31(44)45-14-17-15-47-29-25(28(41)37(29)26(17)30(42)43)33-24(39)10-18-4-3-9-46-18/h3-4,9,11-13,16,25,29H,2,5-8,10,14-15H2,1H3,(H,33,39)(H,42,43)/t25-,29-/m1/s1. The van der Waals surface area contributed by atoms with E-state index in [2.05, 4.69) is 5.32 Å². The molecular formula is C31H30FN5O8S2. The third kappa shape index (κ3) is 6.10. The number of carboxylic acid groups (broad SMARTS) is 1. The van der Waals surface area contributed by atoms with Gasteiger partial charge in [-0.15, -0.1) is 23.1 Å². The van der Waals surface area contributed by atoms with Crippen LogP contribution in [-0.4, -0.2) is 99.6 Å². The van der Waals surface area contributed by atoms with Gasteiger partial charge in [-0.1, -0.05) is 6.07 Å². The number of hydrogen-bond acceptors (Lipinski definition) is 10. The molecule has 0 unspecified atom stereocenters. The van der Waals surface area contributed by atoms with Crippen LogP contribution in [0.5, 0.6) is 0 Å². The van der Waals surface area contributed by atoms with Crippen LogP contribution in [0.1, 0.15) is 22.2 Å². The molecule has 2 saturated heterocycles. The molecule has 0 spiro atoms. The van der Waals surface area contributed by atoms with E-state index < -0.39 is 47.1 Å². The molecule has 3 aliphatic rings. The minimum atomic E-state index is -1.39. The molecule has 2 aromatic heterocycles. The van der Waals surface area contributed by atoms with Gasteiger partial charge in [0.05, 0.1) is 17.6 Å². The van der Waals surface area contributed by atoms with Crippen LogP contribution in [0.4, 0.5) is 10.1 Å². The van der Waals surface area contributed by atoms with Crippen molar-refractivity contribution in [2.24, 2.45) is 0 Å².